The number of carbonyl (C=O) groups excluding carboxylic acids is 1. The van der Waals surface area contributed by atoms with E-state index in [1.54, 1.807) is 6.07 Å². The van der Waals surface area contributed by atoms with Gasteiger partial charge in [0.15, 0.2) is 12.4 Å². The number of benzene rings is 1. The number of carbonyl (C=O) groups is 1. The van der Waals surface area contributed by atoms with Crippen LogP contribution in [0, 0.1) is 12.8 Å². The Labute approximate surface area is 157 Å². The van der Waals surface area contributed by atoms with Crippen LogP contribution in [0.15, 0.2) is 18.2 Å². The molecule has 134 valence electrons. The number of halogens is 2. The third kappa shape index (κ3) is 4.18. The molecular weight excluding hydrogens is 359 g/mol. The molecule has 1 heterocycles. The smallest absolute Gasteiger partial charge is 0.258 e. The van der Waals surface area contributed by atoms with Gasteiger partial charge in [-0.25, -0.2) is 4.98 Å². The molecule has 0 saturated heterocycles. The highest BCUT2D eigenvalue weighted by Crippen LogP contribution is 2.37. The van der Waals surface area contributed by atoms with Gasteiger partial charge in [-0.15, -0.1) is 0 Å². The van der Waals surface area contributed by atoms with Crippen LogP contribution < -0.4 is 10.1 Å². The number of hydrogen-bond acceptors (Lipinski definition) is 3. The number of pyridine rings is 1. The van der Waals surface area contributed by atoms with Crippen molar-refractivity contribution in [2.24, 2.45) is 5.92 Å². The zero-order valence-electron chi connectivity index (χ0n) is 14.4. The van der Waals surface area contributed by atoms with E-state index >= 15 is 0 Å². The van der Waals surface area contributed by atoms with Crippen LogP contribution in [0.1, 0.15) is 38.3 Å². The number of aromatic nitrogens is 1. The summed E-state index contributed by atoms with van der Waals surface area (Å²) in [5.74, 6) is 0.768. The van der Waals surface area contributed by atoms with Gasteiger partial charge in [0.25, 0.3) is 5.91 Å². The summed E-state index contributed by atoms with van der Waals surface area (Å²) in [6, 6.07) is 5.61. The lowest BCUT2D eigenvalue weighted by molar-refractivity contribution is -0.124. The van der Waals surface area contributed by atoms with Crippen LogP contribution in [-0.4, -0.2) is 23.5 Å². The van der Waals surface area contributed by atoms with Crippen molar-refractivity contribution in [3.8, 4) is 5.75 Å². The van der Waals surface area contributed by atoms with E-state index in [0.717, 1.165) is 30.3 Å². The van der Waals surface area contributed by atoms with E-state index in [9.17, 15) is 4.79 Å². The molecule has 0 aliphatic heterocycles. The van der Waals surface area contributed by atoms with Crippen molar-refractivity contribution in [2.45, 2.75) is 45.6 Å². The molecule has 1 aromatic carbocycles. The van der Waals surface area contributed by atoms with Crippen molar-refractivity contribution in [3.05, 3.63) is 33.9 Å². The van der Waals surface area contributed by atoms with Crippen molar-refractivity contribution < 1.29 is 9.53 Å². The number of hydrogen-bond donors (Lipinski definition) is 1. The van der Waals surface area contributed by atoms with Crippen molar-refractivity contribution in [3.63, 3.8) is 0 Å². The standard InChI is InChI=1S/C19H22Cl2N2O2/c1-11-5-3-4-6-16(11)23-17(24)10-25-19-15(21)9-14(20)13-8-7-12(2)22-18(13)19/h7-9,11,16H,3-6,10H2,1-2H3,(H,23,24)/t11-,16-/m0/s1. The molecule has 0 radical (unpaired) electrons. The molecule has 0 bridgehead atoms. The maximum Gasteiger partial charge on any atom is 0.258 e. The molecule has 1 saturated carbocycles. The first-order valence-electron chi connectivity index (χ1n) is 8.63. The van der Waals surface area contributed by atoms with Gasteiger partial charge in [-0.3, -0.25) is 4.79 Å². The summed E-state index contributed by atoms with van der Waals surface area (Å²) in [5.41, 5.74) is 1.41. The highest BCUT2D eigenvalue weighted by Gasteiger charge is 2.23. The Hall–Kier alpha value is -1.52. The molecule has 2 atom stereocenters. The Morgan fingerprint density at radius 2 is 2.04 bits per heavy atom. The average molecular weight is 381 g/mol. The van der Waals surface area contributed by atoms with Crippen LogP contribution in [-0.2, 0) is 4.79 Å². The minimum atomic E-state index is -0.134. The van der Waals surface area contributed by atoms with Gasteiger partial charge in [-0.2, -0.15) is 0 Å². The monoisotopic (exact) mass is 380 g/mol. The van der Waals surface area contributed by atoms with Gasteiger partial charge < -0.3 is 10.1 Å². The van der Waals surface area contributed by atoms with Crippen molar-refractivity contribution in [1.82, 2.24) is 10.3 Å². The second-order valence-electron chi connectivity index (χ2n) is 6.74. The molecule has 1 aliphatic rings. The largest absolute Gasteiger partial charge is 0.480 e. The van der Waals surface area contributed by atoms with Crippen LogP contribution in [0.3, 0.4) is 0 Å². The fourth-order valence-corrected chi connectivity index (χ4v) is 3.91. The summed E-state index contributed by atoms with van der Waals surface area (Å²) in [6.45, 7) is 3.98. The fraction of sp³-hybridized carbons (Fsp3) is 0.474. The van der Waals surface area contributed by atoms with E-state index < -0.39 is 0 Å². The quantitative estimate of drug-likeness (QED) is 0.818. The van der Waals surface area contributed by atoms with E-state index in [1.165, 1.54) is 6.42 Å². The lowest BCUT2D eigenvalue weighted by Gasteiger charge is -2.29. The van der Waals surface area contributed by atoms with Gasteiger partial charge in [0.1, 0.15) is 5.52 Å². The minimum Gasteiger partial charge on any atom is -0.480 e. The summed E-state index contributed by atoms with van der Waals surface area (Å²) in [7, 11) is 0. The minimum absolute atomic E-state index is 0.0880. The predicted molar refractivity (Wildman–Crippen MR) is 102 cm³/mol. The van der Waals surface area contributed by atoms with Gasteiger partial charge in [-0.05, 0) is 43.9 Å². The summed E-state index contributed by atoms with van der Waals surface area (Å²) >= 11 is 12.5. The number of ether oxygens (including phenoxy) is 1. The van der Waals surface area contributed by atoms with Crippen molar-refractivity contribution in [2.75, 3.05) is 6.61 Å². The first kappa shape index (κ1) is 18.3. The Bertz CT molecular complexity index is 795. The number of nitrogens with one attached hydrogen (secondary N) is 1. The first-order chi connectivity index (χ1) is 12.0. The van der Waals surface area contributed by atoms with Gasteiger partial charge in [0, 0.05) is 17.1 Å². The number of nitrogens with zero attached hydrogens (tertiary/aromatic N) is 1. The number of rotatable bonds is 4. The van der Waals surface area contributed by atoms with Crippen LogP contribution in [0.2, 0.25) is 10.0 Å². The molecule has 1 aromatic heterocycles. The molecule has 25 heavy (non-hydrogen) atoms. The number of fused-ring (bicyclic) bond motifs is 1. The zero-order chi connectivity index (χ0) is 18.0. The molecular formula is C19H22Cl2N2O2. The second-order valence-corrected chi connectivity index (χ2v) is 7.56. The summed E-state index contributed by atoms with van der Waals surface area (Å²) in [4.78, 5) is 16.8. The van der Waals surface area contributed by atoms with Gasteiger partial charge >= 0.3 is 0 Å². The van der Waals surface area contributed by atoms with Crippen molar-refractivity contribution >= 4 is 40.0 Å². The summed E-state index contributed by atoms with van der Waals surface area (Å²) in [6.07, 6.45) is 4.58. The fourth-order valence-electron chi connectivity index (χ4n) is 3.34. The normalized spacial score (nSPS) is 20.5. The molecule has 1 aliphatic carbocycles. The van der Waals surface area contributed by atoms with Crippen LogP contribution in [0.5, 0.6) is 5.75 Å². The predicted octanol–water partition coefficient (Wildman–Crippen LogP) is 4.92. The van der Waals surface area contributed by atoms with Crippen molar-refractivity contribution in [1.29, 1.82) is 0 Å². The third-order valence-electron chi connectivity index (χ3n) is 4.78. The van der Waals surface area contributed by atoms with E-state index in [1.807, 2.05) is 19.1 Å². The molecule has 1 N–H and O–H groups in total. The van der Waals surface area contributed by atoms with Gasteiger partial charge in [0.05, 0.1) is 10.0 Å². The van der Waals surface area contributed by atoms with E-state index in [-0.39, 0.29) is 18.6 Å². The van der Waals surface area contributed by atoms with E-state index in [4.69, 9.17) is 27.9 Å². The highest BCUT2D eigenvalue weighted by atomic mass is 35.5. The Morgan fingerprint density at radius 1 is 1.28 bits per heavy atom. The maximum absolute atomic E-state index is 12.3. The Morgan fingerprint density at radius 3 is 2.80 bits per heavy atom. The second kappa shape index (κ2) is 7.79. The first-order valence-corrected chi connectivity index (χ1v) is 9.39. The molecule has 1 amide bonds. The molecule has 4 nitrogen and oxygen atoms in total. The van der Waals surface area contributed by atoms with Crippen LogP contribution >= 0.6 is 23.2 Å². The van der Waals surface area contributed by atoms with Crippen LogP contribution in [0.25, 0.3) is 10.9 Å². The Balaban J connectivity index is 1.74. The van der Waals surface area contributed by atoms with Crippen LogP contribution in [0.4, 0.5) is 0 Å². The maximum atomic E-state index is 12.3. The molecule has 3 rings (SSSR count). The highest BCUT2D eigenvalue weighted by molar-refractivity contribution is 6.39. The van der Waals surface area contributed by atoms with E-state index in [0.29, 0.717) is 27.2 Å². The topological polar surface area (TPSA) is 51.2 Å². The number of amides is 1. The SMILES string of the molecule is Cc1ccc2c(Cl)cc(Cl)c(OCC(=O)N[C@H]3CCCC[C@@H]3C)c2n1. The third-order valence-corrected chi connectivity index (χ3v) is 5.38. The lowest BCUT2D eigenvalue weighted by atomic mass is 9.86. The zero-order valence-corrected chi connectivity index (χ0v) is 16.0. The number of aryl methyl sites for hydroxylation is 1. The molecule has 1 fully saturated rings. The summed E-state index contributed by atoms with van der Waals surface area (Å²) in [5, 5.41) is 4.70. The molecule has 2 aromatic rings. The van der Waals surface area contributed by atoms with E-state index in [2.05, 4.69) is 17.2 Å². The Kier molecular flexibility index (Phi) is 5.70. The van der Waals surface area contributed by atoms with Gasteiger partial charge in [0.2, 0.25) is 0 Å². The molecule has 6 heteroatoms. The molecule has 0 spiro atoms. The van der Waals surface area contributed by atoms with Gasteiger partial charge in [-0.1, -0.05) is 43.0 Å². The summed E-state index contributed by atoms with van der Waals surface area (Å²) < 4.78 is 5.73. The lowest BCUT2D eigenvalue weighted by Crippen LogP contribution is -2.43. The molecule has 0 unspecified atom stereocenters. The average Bonchev–Trinajstić information content (AvgIpc) is 2.56.